The normalized spacial score (nSPS) is 9.94. The molecule has 1 rings (SSSR count). The summed E-state index contributed by atoms with van der Waals surface area (Å²) in [7, 11) is 1.65. The van der Waals surface area contributed by atoms with Gasteiger partial charge in [0.2, 0.25) is 5.91 Å². The molecule has 0 aliphatic carbocycles. The SMILES string of the molecule is CCCN(Cc1ccccc1OC)C(C)=O. The number of rotatable bonds is 5. The molecule has 88 valence electrons. The summed E-state index contributed by atoms with van der Waals surface area (Å²) in [5.74, 6) is 0.942. The van der Waals surface area contributed by atoms with Crippen molar-refractivity contribution in [2.24, 2.45) is 0 Å². The van der Waals surface area contributed by atoms with Crippen molar-refractivity contribution >= 4 is 5.91 Å². The molecule has 0 fully saturated rings. The topological polar surface area (TPSA) is 29.5 Å². The molecule has 3 nitrogen and oxygen atoms in total. The first-order chi connectivity index (χ1) is 7.69. The van der Waals surface area contributed by atoms with Gasteiger partial charge in [-0.15, -0.1) is 0 Å². The van der Waals surface area contributed by atoms with Gasteiger partial charge in [0.15, 0.2) is 0 Å². The molecule has 3 heteroatoms. The number of hydrogen-bond acceptors (Lipinski definition) is 2. The van der Waals surface area contributed by atoms with E-state index >= 15 is 0 Å². The van der Waals surface area contributed by atoms with Crippen LogP contribution in [0.1, 0.15) is 25.8 Å². The number of carbonyl (C=O) groups is 1. The second-order valence-corrected chi connectivity index (χ2v) is 3.75. The fraction of sp³-hybridized carbons (Fsp3) is 0.462. The van der Waals surface area contributed by atoms with Crippen LogP contribution in [-0.2, 0) is 11.3 Å². The Morgan fingerprint density at radius 3 is 2.62 bits per heavy atom. The average Bonchev–Trinajstić information content (AvgIpc) is 2.29. The van der Waals surface area contributed by atoms with Gasteiger partial charge < -0.3 is 9.64 Å². The van der Waals surface area contributed by atoms with Gasteiger partial charge in [-0.1, -0.05) is 25.1 Å². The number of nitrogens with zero attached hydrogens (tertiary/aromatic N) is 1. The maximum absolute atomic E-state index is 11.4. The standard InChI is InChI=1S/C13H19NO2/c1-4-9-14(11(2)15)10-12-7-5-6-8-13(12)16-3/h5-8H,4,9-10H2,1-3H3. The van der Waals surface area contributed by atoms with Crippen molar-refractivity contribution < 1.29 is 9.53 Å². The van der Waals surface area contributed by atoms with Gasteiger partial charge in [0.25, 0.3) is 0 Å². The Hall–Kier alpha value is -1.51. The Kier molecular flexibility index (Phi) is 4.83. The van der Waals surface area contributed by atoms with Gasteiger partial charge in [-0.25, -0.2) is 0 Å². The van der Waals surface area contributed by atoms with Crippen LogP contribution in [-0.4, -0.2) is 24.5 Å². The monoisotopic (exact) mass is 221 g/mol. The molecule has 0 atom stereocenters. The zero-order chi connectivity index (χ0) is 12.0. The molecule has 0 unspecified atom stereocenters. The van der Waals surface area contributed by atoms with Gasteiger partial charge in [0, 0.05) is 25.6 Å². The number of methoxy groups -OCH3 is 1. The highest BCUT2D eigenvalue weighted by Gasteiger charge is 2.10. The zero-order valence-electron chi connectivity index (χ0n) is 10.2. The van der Waals surface area contributed by atoms with Gasteiger partial charge in [-0.05, 0) is 12.5 Å². The zero-order valence-corrected chi connectivity index (χ0v) is 10.2. The van der Waals surface area contributed by atoms with Gasteiger partial charge in [-0.3, -0.25) is 4.79 Å². The highest BCUT2D eigenvalue weighted by Crippen LogP contribution is 2.19. The van der Waals surface area contributed by atoms with Crippen LogP contribution in [0.15, 0.2) is 24.3 Å². The number of carbonyl (C=O) groups excluding carboxylic acids is 1. The third kappa shape index (κ3) is 3.26. The fourth-order valence-electron chi connectivity index (χ4n) is 1.66. The van der Waals surface area contributed by atoms with Crippen molar-refractivity contribution in [2.45, 2.75) is 26.8 Å². The lowest BCUT2D eigenvalue weighted by Crippen LogP contribution is -2.29. The highest BCUT2D eigenvalue weighted by molar-refractivity contribution is 5.73. The van der Waals surface area contributed by atoms with Gasteiger partial charge in [0.1, 0.15) is 5.75 Å². The molecule has 1 amide bonds. The smallest absolute Gasteiger partial charge is 0.219 e. The van der Waals surface area contributed by atoms with Crippen molar-refractivity contribution in [3.63, 3.8) is 0 Å². The van der Waals surface area contributed by atoms with E-state index < -0.39 is 0 Å². The van der Waals surface area contributed by atoms with Crippen molar-refractivity contribution in [1.29, 1.82) is 0 Å². The lowest BCUT2D eigenvalue weighted by molar-refractivity contribution is -0.129. The number of benzene rings is 1. The first-order valence-electron chi connectivity index (χ1n) is 5.56. The van der Waals surface area contributed by atoms with Crippen molar-refractivity contribution in [3.8, 4) is 5.75 Å². The van der Waals surface area contributed by atoms with E-state index in [1.54, 1.807) is 14.0 Å². The summed E-state index contributed by atoms with van der Waals surface area (Å²) in [6.45, 7) is 5.07. The average molecular weight is 221 g/mol. The predicted molar refractivity (Wildman–Crippen MR) is 64.4 cm³/mol. The largest absolute Gasteiger partial charge is 0.496 e. The Balaban J connectivity index is 2.80. The van der Waals surface area contributed by atoms with Crippen molar-refractivity contribution in [3.05, 3.63) is 29.8 Å². The Labute approximate surface area is 97.0 Å². The molecule has 1 aromatic carbocycles. The molecular formula is C13H19NO2. The van der Waals surface area contributed by atoms with E-state index in [-0.39, 0.29) is 5.91 Å². The summed E-state index contributed by atoms with van der Waals surface area (Å²) in [6, 6.07) is 7.80. The molecule has 0 aliphatic heterocycles. The second kappa shape index (κ2) is 6.16. The molecule has 0 heterocycles. The van der Waals surface area contributed by atoms with Crippen LogP contribution in [0.25, 0.3) is 0 Å². The number of amides is 1. The van der Waals surface area contributed by atoms with E-state index in [2.05, 4.69) is 6.92 Å². The molecule has 0 saturated heterocycles. The lowest BCUT2D eigenvalue weighted by atomic mass is 10.2. The molecule has 0 saturated carbocycles. The highest BCUT2D eigenvalue weighted by atomic mass is 16.5. The van der Waals surface area contributed by atoms with E-state index in [0.717, 1.165) is 24.3 Å². The molecule has 0 N–H and O–H groups in total. The number of ether oxygens (including phenoxy) is 1. The van der Waals surface area contributed by atoms with Crippen LogP contribution in [0, 0.1) is 0 Å². The summed E-state index contributed by atoms with van der Waals surface area (Å²) in [4.78, 5) is 13.3. The molecule has 16 heavy (non-hydrogen) atoms. The molecule has 1 aromatic rings. The second-order valence-electron chi connectivity index (χ2n) is 3.75. The predicted octanol–water partition coefficient (Wildman–Crippen LogP) is 2.45. The summed E-state index contributed by atoms with van der Waals surface area (Å²) in [5.41, 5.74) is 1.05. The van der Waals surface area contributed by atoms with E-state index in [1.807, 2.05) is 29.2 Å². The molecule has 0 aliphatic rings. The van der Waals surface area contributed by atoms with E-state index in [1.165, 1.54) is 0 Å². The van der Waals surface area contributed by atoms with Crippen LogP contribution < -0.4 is 4.74 Å². The summed E-state index contributed by atoms with van der Waals surface area (Å²) in [5, 5.41) is 0. The molecular weight excluding hydrogens is 202 g/mol. The van der Waals surface area contributed by atoms with Crippen LogP contribution >= 0.6 is 0 Å². The summed E-state index contributed by atoms with van der Waals surface area (Å²) < 4.78 is 5.27. The molecule has 0 radical (unpaired) electrons. The fourth-order valence-corrected chi connectivity index (χ4v) is 1.66. The Morgan fingerprint density at radius 1 is 1.38 bits per heavy atom. The van der Waals surface area contributed by atoms with Crippen LogP contribution in [0.4, 0.5) is 0 Å². The van der Waals surface area contributed by atoms with E-state index in [9.17, 15) is 4.79 Å². The van der Waals surface area contributed by atoms with Gasteiger partial charge in [-0.2, -0.15) is 0 Å². The maximum atomic E-state index is 11.4. The van der Waals surface area contributed by atoms with Crippen LogP contribution in [0.5, 0.6) is 5.75 Å². The quantitative estimate of drug-likeness (QED) is 0.764. The van der Waals surface area contributed by atoms with Crippen molar-refractivity contribution in [2.75, 3.05) is 13.7 Å². The molecule has 0 aromatic heterocycles. The van der Waals surface area contributed by atoms with Crippen LogP contribution in [0.3, 0.4) is 0 Å². The minimum absolute atomic E-state index is 0.104. The van der Waals surface area contributed by atoms with Crippen molar-refractivity contribution in [1.82, 2.24) is 4.90 Å². The van der Waals surface area contributed by atoms with Gasteiger partial charge >= 0.3 is 0 Å². The molecule has 0 spiro atoms. The van der Waals surface area contributed by atoms with Gasteiger partial charge in [0.05, 0.1) is 7.11 Å². The summed E-state index contributed by atoms with van der Waals surface area (Å²) >= 11 is 0. The van der Waals surface area contributed by atoms with E-state index in [0.29, 0.717) is 6.54 Å². The minimum atomic E-state index is 0.104. The lowest BCUT2D eigenvalue weighted by Gasteiger charge is -2.21. The third-order valence-electron chi connectivity index (χ3n) is 2.49. The first-order valence-corrected chi connectivity index (χ1v) is 5.56. The number of para-hydroxylation sites is 1. The Bertz CT molecular complexity index is 350. The van der Waals surface area contributed by atoms with E-state index in [4.69, 9.17) is 4.74 Å². The number of hydrogen-bond donors (Lipinski definition) is 0. The minimum Gasteiger partial charge on any atom is -0.496 e. The third-order valence-corrected chi connectivity index (χ3v) is 2.49. The molecule has 0 bridgehead atoms. The van der Waals surface area contributed by atoms with Crippen LogP contribution in [0.2, 0.25) is 0 Å². The maximum Gasteiger partial charge on any atom is 0.219 e. The summed E-state index contributed by atoms with van der Waals surface area (Å²) in [6.07, 6.45) is 0.967. The first kappa shape index (κ1) is 12.6. The Morgan fingerprint density at radius 2 is 2.06 bits per heavy atom.